The van der Waals surface area contributed by atoms with E-state index in [1.54, 1.807) is 12.1 Å². The van der Waals surface area contributed by atoms with Crippen molar-refractivity contribution in [2.24, 2.45) is 5.41 Å². The van der Waals surface area contributed by atoms with Crippen LogP contribution in [-0.4, -0.2) is 10.8 Å². The second kappa shape index (κ2) is 4.45. The molecule has 1 N–H and O–H groups in total. The Hall–Kier alpha value is -2.42. The molecule has 0 aliphatic heterocycles. The quantitative estimate of drug-likeness (QED) is 0.642. The van der Waals surface area contributed by atoms with Gasteiger partial charge in [-0.15, -0.1) is 0 Å². The highest BCUT2D eigenvalue weighted by atomic mass is 16.6. The number of hydrogen-bond acceptors (Lipinski definition) is 4. The van der Waals surface area contributed by atoms with Crippen molar-refractivity contribution in [1.82, 2.24) is 5.32 Å². The van der Waals surface area contributed by atoms with Gasteiger partial charge < -0.3 is 5.32 Å². The van der Waals surface area contributed by atoms with Crippen LogP contribution in [0.1, 0.15) is 18.4 Å². The first-order valence-electron chi connectivity index (χ1n) is 5.50. The fourth-order valence-corrected chi connectivity index (χ4v) is 1.65. The predicted molar refractivity (Wildman–Crippen MR) is 62.2 cm³/mol. The molecule has 0 saturated heterocycles. The van der Waals surface area contributed by atoms with E-state index in [1.807, 2.05) is 6.07 Å². The number of rotatable bonds is 4. The van der Waals surface area contributed by atoms with Gasteiger partial charge in [-0.2, -0.15) is 5.26 Å². The van der Waals surface area contributed by atoms with E-state index in [1.165, 1.54) is 12.1 Å². The predicted octanol–water partition coefficient (Wildman–Crippen LogP) is 1.51. The second-order valence-electron chi connectivity index (χ2n) is 4.30. The van der Waals surface area contributed by atoms with Crippen molar-refractivity contribution in [3.05, 3.63) is 39.9 Å². The number of non-ortho nitro benzene ring substituents is 1. The van der Waals surface area contributed by atoms with Crippen LogP contribution in [0.4, 0.5) is 5.69 Å². The van der Waals surface area contributed by atoms with E-state index in [2.05, 4.69) is 5.32 Å². The Balaban J connectivity index is 1.99. The van der Waals surface area contributed by atoms with Crippen molar-refractivity contribution in [2.75, 3.05) is 0 Å². The molecular formula is C12H11N3O3. The average molecular weight is 245 g/mol. The van der Waals surface area contributed by atoms with E-state index in [0.29, 0.717) is 18.4 Å². The second-order valence-corrected chi connectivity index (χ2v) is 4.30. The van der Waals surface area contributed by atoms with E-state index in [-0.39, 0.29) is 18.1 Å². The van der Waals surface area contributed by atoms with Crippen molar-refractivity contribution in [1.29, 1.82) is 5.26 Å². The minimum absolute atomic E-state index is 0.0110. The van der Waals surface area contributed by atoms with Gasteiger partial charge in [0.15, 0.2) is 0 Å². The fraction of sp³-hybridized carbons (Fsp3) is 0.333. The standard InChI is InChI=1S/C12H11N3O3/c13-8-12(4-5-12)11(16)14-7-9-2-1-3-10(6-9)15(17)18/h1-3,6H,4-5,7H2,(H,14,16). The van der Waals surface area contributed by atoms with E-state index in [9.17, 15) is 14.9 Å². The highest BCUT2D eigenvalue weighted by Crippen LogP contribution is 2.44. The Labute approximate surface area is 103 Å². The van der Waals surface area contributed by atoms with Crippen LogP contribution in [0.25, 0.3) is 0 Å². The zero-order chi connectivity index (χ0) is 13.2. The van der Waals surface area contributed by atoms with Crippen LogP contribution < -0.4 is 5.32 Å². The van der Waals surface area contributed by atoms with Crippen LogP contribution in [0.2, 0.25) is 0 Å². The lowest BCUT2D eigenvalue weighted by atomic mass is 10.1. The highest BCUT2D eigenvalue weighted by Gasteiger charge is 2.50. The molecule has 0 aromatic heterocycles. The maximum atomic E-state index is 11.7. The molecule has 0 unspecified atom stereocenters. The molecule has 0 radical (unpaired) electrons. The summed E-state index contributed by atoms with van der Waals surface area (Å²) >= 11 is 0. The first-order valence-corrected chi connectivity index (χ1v) is 5.50. The summed E-state index contributed by atoms with van der Waals surface area (Å²) in [6, 6.07) is 8.06. The van der Waals surface area contributed by atoms with Gasteiger partial charge in [-0.25, -0.2) is 0 Å². The summed E-state index contributed by atoms with van der Waals surface area (Å²) in [7, 11) is 0. The molecule has 1 saturated carbocycles. The van der Waals surface area contributed by atoms with Gasteiger partial charge in [0, 0.05) is 18.7 Å². The molecule has 1 aliphatic rings. The molecule has 6 heteroatoms. The van der Waals surface area contributed by atoms with Crippen LogP contribution in [0.3, 0.4) is 0 Å². The normalized spacial score (nSPS) is 15.5. The van der Waals surface area contributed by atoms with E-state index < -0.39 is 10.3 Å². The molecule has 1 aliphatic carbocycles. The molecule has 0 spiro atoms. The minimum atomic E-state index is -0.860. The number of hydrogen-bond donors (Lipinski definition) is 1. The summed E-state index contributed by atoms with van der Waals surface area (Å²) < 4.78 is 0. The van der Waals surface area contributed by atoms with Gasteiger partial charge in [0.25, 0.3) is 5.69 Å². The zero-order valence-electron chi connectivity index (χ0n) is 9.55. The Morgan fingerprint density at radius 1 is 1.56 bits per heavy atom. The van der Waals surface area contributed by atoms with Crippen molar-refractivity contribution < 1.29 is 9.72 Å². The molecule has 1 fully saturated rings. The summed E-state index contributed by atoms with van der Waals surface area (Å²) in [4.78, 5) is 21.8. The lowest BCUT2D eigenvalue weighted by Gasteiger charge is -2.07. The van der Waals surface area contributed by atoms with Gasteiger partial charge in [0.05, 0.1) is 11.0 Å². The third-order valence-corrected chi connectivity index (χ3v) is 2.97. The molecular weight excluding hydrogens is 234 g/mol. The molecule has 1 aromatic rings. The van der Waals surface area contributed by atoms with Crippen molar-refractivity contribution in [3.63, 3.8) is 0 Å². The Morgan fingerprint density at radius 3 is 2.83 bits per heavy atom. The first kappa shape index (κ1) is 12.0. The number of nitrogens with one attached hydrogen (secondary N) is 1. The zero-order valence-corrected chi connectivity index (χ0v) is 9.55. The highest BCUT2D eigenvalue weighted by molar-refractivity contribution is 5.88. The third kappa shape index (κ3) is 2.30. The van der Waals surface area contributed by atoms with Gasteiger partial charge in [-0.3, -0.25) is 14.9 Å². The molecule has 0 heterocycles. The topological polar surface area (TPSA) is 96.0 Å². The maximum absolute atomic E-state index is 11.7. The van der Waals surface area contributed by atoms with Gasteiger partial charge in [0.1, 0.15) is 5.41 Å². The number of carbonyl (C=O) groups excluding carboxylic acids is 1. The fourth-order valence-electron chi connectivity index (χ4n) is 1.65. The molecule has 18 heavy (non-hydrogen) atoms. The van der Waals surface area contributed by atoms with Gasteiger partial charge in [0.2, 0.25) is 5.91 Å². The van der Waals surface area contributed by atoms with Crippen LogP contribution in [0, 0.1) is 26.9 Å². The summed E-state index contributed by atoms with van der Waals surface area (Å²) in [6.45, 7) is 0.198. The third-order valence-electron chi connectivity index (χ3n) is 2.97. The number of nitrogens with zero attached hydrogens (tertiary/aromatic N) is 2. The van der Waals surface area contributed by atoms with Crippen LogP contribution in [0.5, 0.6) is 0 Å². The van der Waals surface area contributed by atoms with Crippen LogP contribution in [-0.2, 0) is 11.3 Å². The van der Waals surface area contributed by atoms with Gasteiger partial charge in [-0.1, -0.05) is 12.1 Å². The smallest absolute Gasteiger partial charge is 0.269 e. The first-order chi connectivity index (χ1) is 8.57. The van der Waals surface area contributed by atoms with Crippen LogP contribution in [0.15, 0.2) is 24.3 Å². The number of nitro groups is 1. The van der Waals surface area contributed by atoms with E-state index >= 15 is 0 Å². The molecule has 1 aromatic carbocycles. The Kier molecular flexibility index (Phi) is 2.98. The van der Waals surface area contributed by atoms with E-state index in [4.69, 9.17) is 5.26 Å². The van der Waals surface area contributed by atoms with Gasteiger partial charge in [-0.05, 0) is 18.4 Å². The van der Waals surface area contributed by atoms with E-state index in [0.717, 1.165) is 0 Å². The molecule has 2 rings (SSSR count). The number of nitriles is 1. The van der Waals surface area contributed by atoms with Crippen molar-refractivity contribution in [2.45, 2.75) is 19.4 Å². The lowest BCUT2D eigenvalue weighted by molar-refractivity contribution is -0.384. The van der Waals surface area contributed by atoms with Gasteiger partial charge >= 0.3 is 0 Å². The molecule has 6 nitrogen and oxygen atoms in total. The summed E-state index contributed by atoms with van der Waals surface area (Å²) in [6.07, 6.45) is 1.18. The number of nitro benzene ring substituents is 1. The Bertz CT molecular complexity index is 544. The average Bonchev–Trinajstić information content (AvgIpc) is 3.17. The summed E-state index contributed by atoms with van der Waals surface area (Å²) in [5, 5.41) is 22.1. The largest absolute Gasteiger partial charge is 0.351 e. The molecule has 0 bridgehead atoms. The molecule has 0 atom stereocenters. The van der Waals surface area contributed by atoms with Crippen molar-refractivity contribution >= 4 is 11.6 Å². The van der Waals surface area contributed by atoms with Crippen LogP contribution >= 0.6 is 0 Å². The summed E-state index contributed by atoms with van der Waals surface area (Å²) in [5.74, 6) is -0.295. The SMILES string of the molecule is N#CC1(C(=O)NCc2cccc([N+](=O)[O-])c2)CC1. The maximum Gasteiger partial charge on any atom is 0.269 e. The number of amides is 1. The Morgan fingerprint density at radius 2 is 2.28 bits per heavy atom. The minimum Gasteiger partial charge on any atom is -0.351 e. The monoisotopic (exact) mass is 245 g/mol. The summed E-state index contributed by atoms with van der Waals surface area (Å²) in [5.41, 5.74) is -0.227. The molecule has 1 amide bonds. The number of benzene rings is 1. The molecule has 92 valence electrons. The number of carbonyl (C=O) groups is 1. The lowest BCUT2D eigenvalue weighted by Crippen LogP contribution is -2.30. The van der Waals surface area contributed by atoms with Crippen molar-refractivity contribution in [3.8, 4) is 6.07 Å².